The molecule has 2 aromatic carbocycles. The van der Waals surface area contributed by atoms with Gasteiger partial charge in [-0.1, -0.05) is 36.2 Å². The molecule has 2 rings (SSSR count). The van der Waals surface area contributed by atoms with Crippen molar-refractivity contribution < 1.29 is 14.3 Å². The van der Waals surface area contributed by atoms with Crippen LogP contribution in [0.1, 0.15) is 18.9 Å². The number of ether oxygens (including phenoxy) is 2. The Labute approximate surface area is 174 Å². The zero-order valence-corrected chi connectivity index (χ0v) is 17.7. The average molecular weight is 428 g/mol. The van der Waals surface area contributed by atoms with Crippen molar-refractivity contribution in [2.75, 3.05) is 19.4 Å². The van der Waals surface area contributed by atoms with Crippen LogP contribution in [0.5, 0.6) is 11.5 Å². The van der Waals surface area contributed by atoms with Crippen LogP contribution in [-0.2, 0) is 10.5 Å². The molecule has 0 aliphatic carbocycles. The maximum atomic E-state index is 12.3. The Hall–Kier alpha value is -1.56. The molecule has 146 valence electrons. The molecule has 0 fully saturated rings. The minimum atomic E-state index is -0.515. The van der Waals surface area contributed by atoms with E-state index >= 15 is 0 Å². The van der Waals surface area contributed by atoms with Crippen molar-refractivity contribution in [1.82, 2.24) is 5.32 Å². The van der Waals surface area contributed by atoms with Crippen LogP contribution >= 0.6 is 35.0 Å². The van der Waals surface area contributed by atoms with Gasteiger partial charge >= 0.3 is 0 Å². The van der Waals surface area contributed by atoms with Crippen molar-refractivity contribution in [2.45, 2.75) is 25.2 Å². The summed E-state index contributed by atoms with van der Waals surface area (Å²) in [4.78, 5) is 12.3. The lowest BCUT2D eigenvalue weighted by Gasteiger charge is -2.17. The lowest BCUT2D eigenvalue weighted by atomic mass is 10.2. The van der Waals surface area contributed by atoms with Gasteiger partial charge in [0.25, 0.3) is 5.91 Å². The van der Waals surface area contributed by atoms with E-state index in [1.165, 1.54) is 0 Å². The lowest BCUT2D eigenvalue weighted by molar-refractivity contribution is -0.127. The summed E-state index contributed by atoms with van der Waals surface area (Å²) in [6, 6.07) is 12.8. The molecule has 0 aliphatic heterocycles. The monoisotopic (exact) mass is 427 g/mol. The van der Waals surface area contributed by atoms with E-state index in [4.69, 9.17) is 32.7 Å². The first-order valence-electron chi connectivity index (χ1n) is 8.63. The molecule has 2 aromatic rings. The number of amides is 1. The molecule has 0 saturated carbocycles. The number of carbonyl (C=O) groups is 1. The second-order valence-electron chi connectivity index (χ2n) is 5.78. The molecule has 4 nitrogen and oxygen atoms in total. The minimum Gasteiger partial charge on any atom is -0.497 e. The summed E-state index contributed by atoms with van der Waals surface area (Å²) in [5.41, 5.74) is 1.11. The Morgan fingerprint density at radius 1 is 1.11 bits per heavy atom. The number of benzene rings is 2. The highest BCUT2D eigenvalue weighted by Crippen LogP contribution is 2.24. The first-order valence-corrected chi connectivity index (χ1v) is 10.5. The molecular weight excluding hydrogens is 405 g/mol. The molecular formula is C20H23Cl2NO3S. The molecule has 0 bridgehead atoms. The Morgan fingerprint density at radius 3 is 2.44 bits per heavy atom. The van der Waals surface area contributed by atoms with Crippen LogP contribution in [0.3, 0.4) is 0 Å². The minimum absolute atomic E-state index is 0.108. The molecule has 1 unspecified atom stereocenters. The van der Waals surface area contributed by atoms with E-state index in [0.29, 0.717) is 28.8 Å². The maximum Gasteiger partial charge on any atom is 0.261 e. The molecule has 0 spiro atoms. The number of rotatable bonds is 10. The second-order valence-corrected chi connectivity index (χ2v) is 7.70. The fourth-order valence-corrected chi connectivity index (χ4v) is 3.45. The van der Waals surface area contributed by atoms with Gasteiger partial charge in [-0.25, -0.2) is 0 Å². The number of carbonyl (C=O) groups excluding carboxylic acids is 1. The number of methoxy groups -OCH3 is 1. The summed E-state index contributed by atoms with van der Waals surface area (Å²) in [5.74, 6) is 2.89. The average Bonchev–Trinajstić information content (AvgIpc) is 2.68. The SMILES string of the molecule is CCC(Oc1ccc(OC)cc1)C(=O)NCCSCc1ccc(Cl)c(Cl)c1. The third kappa shape index (κ3) is 7.17. The van der Waals surface area contributed by atoms with Gasteiger partial charge in [-0.05, 0) is 48.4 Å². The molecule has 27 heavy (non-hydrogen) atoms. The van der Waals surface area contributed by atoms with Crippen molar-refractivity contribution in [3.05, 3.63) is 58.1 Å². The van der Waals surface area contributed by atoms with Crippen LogP contribution in [0, 0.1) is 0 Å². The maximum absolute atomic E-state index is 12.3. The predicted molar refractivity (Wildman–Crippen MR) is 113 cm³/mol. The summed E-state index contributed by atoms with van der Waals surface area (Å²) < 4.78 is 10.9. The largest absolute Gasteiger partial charge is 0.497 e. The zero-order valence-electron chi connectivity index (χ0n) is 15.3. The normalized spacial score (nSPS) is 11.7. The number of halogens is 2. The van der Waals surface area contributed by atoms with Crippen molar-refractivity contribution in [3.63, 3.8) is 0 Å². The van der Waals surface area contributed by atoms with E-state index in [1.54, 1.807) is 49.2 Å². The van der Waals surface area contributed by atoms with Crippen LogP contribution in [0.25, 0.3) is 0 Å². The van der Waals surface area contributed by atoms with Crippen molar-refractivity contribution in [2.24, 2.45) is 0 Å². The Balaban J connectivity index is 1.71. The van der Waals surface area contributed by atoms with Gasteiger partial charge in [0.15, 0.2) is 6.10 Å². The van der Waals surface area contributed by atoms with Crippen molar-refractivity contribution in [3.8, 4) is 11.5 Å². The fourth-order valence-electron chi connectivity index (χ4n) is 2.32. The van der Waals surface area contributed by atoms with E-state index in [9.17, 15) is 4.79 Å². The molecule has 1 N–H and O–H groups in total. The fraction of sp³-hybridized carbons (Fsp3) is 0.350. The third-order valence-corrected chi connectivity index (χ3v) is 5.57. The van der Waals surface area contributed by atoms with E-state index in [0.717, 1.165) is 22.8 Å². The van der Waals surface area contributed by atoms with Gasteiger partial charge in [0.05, 0.1) is 17.2 Å². The summed E-state index contributed by atoms with van der Waals surface area (Å²) in [6.07, 6.45) is 0.0762. The highest BCUT2D eigenvalue weighted by molar-refractivity contribution is 7.98. The zero-order chi connectivity index (χ0) is 19.6. The first-order chi connectivity index (χ1) is 13.0. The van der Waals surface area contributed by atoms with Gasteiger partial charge in [-0.3, -0.25) is 4.79 Å². The van der Waals surface area contributed by atoms with Crippen LogP contribution in [-0.4, -0.2) is 31.4 Å². The van der Waals surface area contributed by atoms with E-state index in [2.05, 4.69) is 5.32 Å². The van der Waals surface area contributed by atoms with Crippen molar-refractivity contribution >= 4 is 40.9 Å². The molecule has 1 atom stereocenters. The molecule has 0 saturated heterocycles. The Kier molecular flexibility index (Phi) is 9.11. The highest BCUT2D eigenvalue weighted by Gasteiger charge is 2.17. The summed E-state index contributed by atoms with van der Waals surface area (Å²) in [6.45, 7) is 2.50. The summed E-state index contributed by atoms with van der Waals surface area (Å²) in [5, 5.41) is 4.04. The van der Waals surface area contributed by atoms with Crippen LogP contribution < -0.4 is 14.8 Å². The molecule has 7 heteroatoms. The first kappa shape index (κ1) is 21.7. The van der Waals surface area contributed by atoms with E-state index < -0.39 is 6.10 Å². The van der Waals surface area contributed by atoms with Crippen LogP contribution in [0.4, 0.5) is 0 Å². The van der Waals surface area contributed by atoms with Crippen LogP contribution in [0.15, 0.2) is 42.5 Å². The quantitative estimate of drug-likeness (QED) is 0.528. The Bertz CT molecular complexity index is 741. The topological polar surface area (TPSA) is 47.6 Å². The van der Waals surface area contributed by atoms with Gasteiger partial charge in [-0.2, -0.15) is 11.8 Å². The number of hydrogen-bond donors (Lipinski definition) is 1. The van der Waals surface area contributed by atoms with Gasteiger partial charge in [-0.15, -0.1) is 0 Å². The smallest absolute Gasteiger partial charge is 0.261 e. The Morgan fingerprint density at radius 2 is 1.81 bits per heavy atom. The van der Waals surface area contributed by atoms with Crippen LogP contribution in [0.2, 0.25) is 10.0 Å². The number of hydrogen-bond acceptors (Lipinski definition) is 4. The molecule has 0 radical (unpaired) electrons. The van der Waals surface area contributed by atoms with Gasteiger partial charge in [0, 0.05) is 18.1 Å². The molecule has 0 aromatic heterocycles. The number of thioether (sulfide) groups is 1. The van der Waals surface area contributed by atoms with E-state index in [-0.39, 0.29) is 5.91 Å². The third-order valence-electron chi connectivity index (χ3n) is 3.80. The van der Waals surface area contributed by atoms with E-state index in [1.807, 2.05) is 19.1 Å². The van der Waals surface area contributed by atoms with Crippen molar-refractivity contribution in [1.29, 1.82) is 0 Å². The molecule has 0 aliphatic rings. The van der Waals surface area contributed by atoms with Gasteiger partial charge in [0.1, 0.15) is 11.5 Å². The van der Waals surface area contributed by atoms with Gasteiger partial charge < -0.3 is 14.8 Å². The summed E-state index contributed by atoms with van der Waals surface area (Å²) >= 11 is 13.6. The standard InChI is InChI=1S/C20H23Cl2NO3S/c1-3-19(26-16-7-5-15(25-2)6-8-16)20(24)23-10-11-27-13-14-4-9-17(21)18(22)12-14/h4-9,12,19H,3,10-11,13H2,1-2H3,(H,23,24). The molecule has 0 heterocycles. The molecule has 1 amide bonds. The highest BCUT2D eigenvalue weighted by atomic mass is 35.5. The lowest BCUT2D eigenvalue weighted by Crippen LogP contribution is -2.39. The second kappa shape index (κ2) is 11.3. The predicted octanol–water partition coefficient (Wildman–Crippen LogP) is 5.21. The summed E-state index contributed by atoms with van der Waals surface area (Å²) in [7, 11) is 1.61. The van der Waals surface area contributed by atoms with Gasteiger partial charge in [0.2, 0.25) is 0 Å². The number of nitrogens with one attached hydrogen (secondary N) is 1.